The molecule has 0 radical (unpaired) electrons. The number of carbonyl (C=O) groups is 2. The van der Waals surface area contributed by atoms with E-state index in [-0.39, 0.29) is 17.5 Å². The average molecular weight is 374 g/mol. The fraction of sp³-hybridized carbons (Fsp3) is 0.333. The monoisotopic (exact) mass is 373 g/mol. The molecule has 7 nitrogen and oxygen atoms in total. The van der Waals surface area contributed by atoms with Gasteiger partial charge in [0.2, 0.25) is 5.91 Å². The van der Waals surface area contributed by atoms with E-state index >= 15 is 0 Å². The van der Waals surface area contributed by atoms with E-state index in [4.69, 9.17) is 11.6 Å². The van der Waals surface area contributed by atoms with Gasteiger partial charge in [0.1, 0.15) is 0 Å². The number of aromatic nitrogens is 2. The Labute approximate surface area is 157 Å². The quantitative estimate of drug-likeness (QED) is 0.894. The summed E-state index contributed by atoms with van der Waals surface area (Å²) >= 11 is 6.11. The van der Waals surface area contributed by atoms with E-state index in [2.05, 4.69) is 15.5 Å². The van der Waals surface area contributed by atoms with Gasteiger partial charge in [0.05, 0.1) is 0 Å². The molecule has 0 bridgehead atoms. The third-order valence-corrected chi connectivity index (χ3v) is 4.84. The van der Waals surface area contributed by atoms with E-state index in [1.54, 1.807) is 21.9 Å². The molecule has 0 aliphatic carbocycles. The summed E-state index contributed by atoms with van der Waals surface area (Å²) in [5.74, 6) is 0.392. The van der Waals surface area contributed by atoms with Crippen LogP contribution in [-0.4, -0.2) is 58.0 Å². The Morgan fingerprint density at radius 1 is 1.04 bits per heavy atom. The molecule has 2 aromatic rings. The number of carbonyl (C=O) groups excluding carboxylic acids is 2. The van der Waals surface area contributed by atoms with Crippen LogP contribution in [0, 0.1) is 6.92 Å². The van der Waals surface area contributed by atoms with Crippen molar-refractivity contribution in [3.05, 3.63) is 46.6 Å². The summed E-state index contributed by atoms with van der Waals surface area (Å²) in [6.07, 6.45) is 0. The predicted molar refractivity (Wildman–Crippen MR) is 99.7 cm³/mol. The van der Waals surface area contributed by atoms with Crippen molar-refractivity contribution in [2.75, 3.05) is 31.5 Å². The third kappa shape index (κ3) is 3.94. The summed E-state index contributed by atoms with van der Waals surface area (Å²) in [7, 11) is 0. The Morgan fingerprint density at radius 3 is 2.35 bits per heavy atom. The maximum Gasteiger partial charge on any atom is 0.274 e. The van der Waals surface area contributed by atoms with Crippen LogP contribution in [0.5, 0.6) is 0 Å². The second-order valence-electron chi connectivity index (χ2n) is 6.14. The molecule has 1 aliphatic heterocycles. The molecule has 2 heterocycles. The molecule has 1 aliphatic rings. The summed E-state index contributed by atoms with van der Waals surface area (Å²) in [6.45, 7) is 5.54. The lowest BCUT2D eigenvalue weighted by Gasteiger charge is -2.33. The molecule has 26 heavy (non-hydrogen) atoms. The zero-order valence-electron chi connectivity index (χ0n) is 14.7. The van der Waals surface area contributed by atoms with Gasteiger partial charge >= 0.3 is 0 Å². The van der Waals surface area contributed by atoms with Gasteiger partial charge in [-0.15, -0.1) is 10.2 Å². The van der Waals surface area contributed by atoms with Gasteiger partial charge in [0.25, 0.3) is 5.91 Å². The number of benzene rings is 1. The molecule has 0 saturated carbocycles. The molecule has 136 valence electrons. The molecule has 0 atom stereocenters. The number of halogens is 1. The van der Waals surface area contributed by atoms with E-state index in [9.17, 15) is 9.59 Å². The van der Waals surface area contributed by atoms with Crippen molar-refractivity contribution < 1.29 is 9.59 Å². The summed E-state index contributed by atoms with van der Waals surface area (Å²) in [5, 5.41) is 11.9. The van der Waals surface area contributed by atoms with Crippen LogP contribution in [0.2, 0.25) is 5.02 Å². The minimum absolute atomic E-state index is 0.0311. The van der Waals surface area contributed by atoms with Crippen molar-refractivity contribution in [2.24, 2.45) is 0 Å². The first kappa shape index (κ1) is 18.1. The Balaban J connectivity index is 1.65. The van der Waals surface area contributed by atoms with Crippen LogP contribution in [0.1, 0.15) is 23.0 Å². The van der Waals surface area contributed by atoms with E-state index < -0.39 is 0 Å². The first-order chi connectivity index (χ1) is 12.5. The van der Waals surface area contributed by atoms with Crippen molar-refractivity contribution >= 4 is 34.9 Å². The lowest BCUT2D eigenvalue weighted by Crippen LogP contribution is -2.50. The van der Waals surface area contributed by atoms with Gasteiger partial charge in [-0.2, -0.15) is 0 Å². The fourth-order valence-corrected chi connectivity index (χ4v) is 2.95. The molecule has 1 fully saturated rings. The number of hydrogen-bond donors (Lipinski definition) is 1. The number of amides is 2. The zero-order valence-corrected chi connectivity index (χ0v) is 15.5. The van der Waals surface area contributed by atoms with Crippen molar-refractivity contribution in [1.29, 1.82) is 0 Å². The van der Waals surface area contributed by atoms with E-state index in [1.165, 1.54) is 6.92 Å². The molecular weight excluding hydrogens is 354 g/mol. The van der Waals surface area contributed by atoms with Gasteiger partial charge < -0.3 is 15.1 Å². The SMILES string of the molecule is CC(=O)N1CCN(C(=O)c2ccc(Nc3cccc(Cl)c3C)nn2)CC1. The molecule has 0 unspecified atom stereocenters. The number of anilines is 2. The first-order valence-corrected chi connectivity index (χ1v) is 8.74. The Kier molecular flexibility index (Phi) is 5.37. The maximum absolute atomic E-state index is 12.5. The van der Waals surface area contributed by atoms with Crippen molar-refractivity contribution in [2.45, 2.75) is 13.8 Å². The molecule has 0 spiro atoms. The number of nitrogens with one attached hydrogen (secondary N) is 1. The molecule has 8 heteroatoms. The Morgan fingerprint density at radius 2 is 1.73 bits per heavy atom. The second-order valence-corrected chi connectivity index (χ2v) is 6.55. The highest BCUT2D eigenvalue weighted by atomic mass is 35.5. The van der Waals surface area contributed by atoms with E-state index in [0.717, 1.165) is 11.3 Å². The predicted octanol–water partition coefficient (Wildman–Crippen LogP) is 2.49. The smallest absolute Gasteiger partial charge is 0.274 e. The fourth-order valence-electron chi connectivity index (χ4n) is 2.78. The lowest BCUT2D eigenvalue weighted by molar-refractivity contribution is -0.130. The van der Waals surface area contributed by atoms with Crippen LogP contribution in [0.15, 0.2) is 30.3 Å². The van der Waals surface area contributed by atoms with Gasteiger partial charge in [0, 0.05) is 43.8 Å². The van der Waals surface area contributed by atoms with Gasteiger partial charge in [-0.3, -0.25) is 9.59 Å². The molecule has 2 amide bonds. The molecular formula is C18H20ClN5O2. The van der Waals surface area contributed by atoms with E-state index in [1.807, 2.05) is 25.1 Å². The number of nitrogens with zero attached hydrogens (tertiary/aromatic N) is 4. The third-order valence-electron chi connectivity index (χ3n) is 4.43. The van der Waals surface area contributed by atoms with Crippen molar-refractivity contribution in [3.63, 3.8) is 0 Å². The molecule has 3 rings (SSSR count). The normalized spacial score (nSPS) is 14.3. The molecule has 1 aromatic heterocycles. The molecule has 1 aromatic carbocycles. The standard InChI is InChI=1S/C18H20ClN5O2/c1-12-14(19)4-3-5-15(12)20-17-7-6-16(21-22-17)18(26)24-10-8-23(9-11-24)13(2)25/h3-7H,8-11H2,1-2H3,(H,20,22). The summed E-state index contributed by atoms with van der Waals surface area (Å²) in [5.41, 5.74) is 2.04. The van der Waals surface area contributed by atoms with Gasteiger partial charge in [-0.05, 0) is 36.8 Å². The van der Waals surface area contributed by atoms with Crippen molar-refractivity contribution in [3.8, 4) is 0 Å². The summed E-state index contributed by atoms with van der Waals surface area (Å²) in [4.78, 5) is 27.3. The average Bonchev–Trinajstić information content (AvgIpc) is 2.65. The Bertz CT molecular complexity index is 817. The molecule has 1 N–H and O–H groups in total. The van der Waals surface area contributed by atoms with Crippen LogP contribution >= 0.6 is 11.6 Å². The van der Waals surface area contributed by atoms with Crippen LogP contribution in [0.3, 0.4) is 0 Å². The van der Waals surface area contributed by atoms with Gasteiger partial charge in [0.15, 0.2) is 11.5 Å². The topological polar surface area (TPSA) is 78.4 Å². The van der Waals surface area contributed by atoms with Crippen LogP contribution in [0.4, 0.5) is 11.5 Å². The van der Waals surface area contributed by atoms with Gasteiger partial charge in [-0.25, -0.2) is 0 Å². The zero-order chi connectivity index (χ0) is 18.7. The van der Waals surface area contributed by atoms with E-state index in [0.29, 0.717) is 37.0 Å². The first-order valence-electron chi connectivity index (χ1n) is 8.36. The highest BCUT2D eigenvalue weighted by molar-refractivity contribution is 6.31. The largest absolute Gasteiger partial charge is 0.339 e. The highest BCUT2D eigenvalue weighted by Gasteiger charge is 2.24. The number of piperazine rings is 1. The highest BCUT2D eigenvalue weighted by Crippen LogP contribution is 2.25. The molecule has 1 saturated heterocycles. The summed E-state index contributed by atoms with van der Waals surface area (Å²) < 4.78 is 0. The summed E-state index contributed by atoms with van der Waals surface area (Å²) in [6, 6.07) is 8.93. The Hall–Kier alpha value is -2.67. The van der Waals surface area contributed by atoms with Crippen LogP contribution in [-0.2, 0) is 4.79 Å². The van der Waals surface area contributed by atoms with Crippen LogP contribution in [0.25, 0.3) is 0 Å². The minimum atomic E-state index is -0.175. The van der Waals surface area contributed by atoms with Crippen molar-refractivity contribution in [1.82, 2.24) is 20.0 Å². The lowest BCUT2D eigenvalue weighted by atomic mass is 10.2. The number of hydrogen-bond acceptors (Lipinski definition) is 5. The number of rotatable bonds is 3. The second kappa shape index (κ2) is 7.70. The minimum Gasteiger partial charge on any atom is -0.339 e. The van der Waals surface area contributed by atoms with Gasteiger partial charge in [-0.1, -0.05) is 17.7 Å². The maximum atomic E-state index is 12.5. The van der Waals surface area contributed by atoms with Crippen LogP contribution < -0.4 is 5.32 Å².